The molecule has 0 bridgehead atoms. The van der Waals surface area contributed by atoms with Gasteiger partial charge in [-0.15, -0.1) is 0 Å². The minimum atomic E-state index is 0.0448. The summed E-state index contributed by atoms with van der Waals surface area (Å²) >= 11 is 5.84. The number of hydrogen-bond acceptors (Lipinski definition) is 2. The van der Waals surface area contributed by atoms with Gasteiger partial charge in [-0.3, -0.25) is 4.79 Å². The predicted octanol–water partition coefficient (Wildman–Crippen LogP) is 3.33. The highest BCUT2D eigenvalue weighted by Crippen LogP contribution is 2.17. The minimum Gasteiger partial charge on any atom is -0.319 e. The van der Waals surface area contributed by atoms with Crippen molar-refractivity contribution in [2.45, 2.75) is 6.42 Å². The molecule has 0 saturated carbocycles. The van der Waals surface area contributed by atoms with E-state index >= 15 is 0 Å². The van der Waals surface area contributed by atoms with Gasteiger partial charge >= 0.3 is 0 Å². The summed E-state index contributed by atoms with van der Waals surface area (Å²) in [5.41, 5.74) is 2.50. The van der Waals surface area contributed by atoms with Gasteiger partial charge in [-0.25, -0.2) is 0 Å². The number of rotatable bonds is 5. The minimum absolute atomic E-state index is 0.0448. The van der Waals surface area contributed by atoms with Gasteiger partial charge in [-0.1, -0.05) is 35.9 Å². The normalized spacial score (nSPS) is 10.4. The Labute approximate surface area is 118 Å². The van der Waals surface area contributed by atoms with E-state index in [4.69, 9.17) is 11.6 Å². The molecule has 0 aliphatic rings. The number of carbonyl (C=O) groups excluding carboxylic acids is 1. The second-order valence-electron chi connectivity index (χ2n) is 4.35. The highest BCUT2D eigenvalue weighted by atomic mass is 35.5. The van der Waals surface area contributed by atoms with E-state index in [1.165, 1.54) is 0 Å². The van der Waals surface area contributed by atoms with Crippen LogP contribution in [-0.4, -0.2) is 19.4 Å². The van der Waals surface area contributed by atoms with E-state index in [1.54, 1.807) is 24.3 Å². The van der Waals surface area contributed by atoms with Crippen molar-refractivity contribution in [3.05, 3.63) is 70.2 Å². The van der Waals surface area contributed by atoms with Gasteiger partial charge in [0.15, 0.2) is 5.78 Å². The molecule has 2 aromatic rings. The average molecular weight is 274 g/mol. The summed E-state index contributed by atoms with van der Waals surface area (Å²) in [7, 11) is 1.91. The molecule has 0 spiro atoms. The maximum Gasteiger partial charge on any atom is 0.193 e. The van der Waals surface area contributed by atoms with Gasteiger partial charge in [-0.05, 0) is 49.8 Å². The zero-order valence-electron chi connectivity index (χ0n) is 10.8. The molecule has 0 heterocycles. The number of benzene rings is 2. The molecule has 0 aliphatic heterocycles. The molecule has 0 saturated heterocycles. The van der Waals surface area contributed by atoms with E-state index in [2.05, 4.69) is 5.32 Å². The topological polar surface area (TPSA) is 29.1 Å². The van der Waals surface area contributed by atoms with Crippen LogP contribution in [0.4, 0.5) is 0 Å². The van der Waals surface area contributed by atoms with Crippen LogP contribution in [0.2, 0.25) is 5.02 Å². The first-order valence-electron chi connectivity index (χ1n) is 6.25. The van der Waals surface area contributed by atoms with E-state index in [9.17, 15) is 4.79 Å². The Kier molecular flexibility index (Phi) is 4.72. The number of halogens is 1. The fraction of sp³-hybridized carbons (Fsp3) is 0.188. The molecule has 0 unspecified atom stereocenters. The molecule has 98 valence electrons. The summed E-state index contributed by atoms with van der Waals surface area (Å²) in [5, 5.41) is 3.74. The van der Waals surface area contributed by atoms with Gasteiger partial charge < -0.3 is 5.32 Å². The Morgan fingerprint density at radius 1 is 1.11 bits per heavy atom. The third kappa shape index (κ3) is 3.43. The molecule has 2 nitrogen and oxygen atoms in total. The van der Waals surface area contributed by atoms with Crippen LogP contribution < -0.4 is 5.32 Å². The van der Waals surface area contributed by atoms with Crippen molar-refractivity contribution in [3.63, 3.8) is 0 Å². The van der Waals surface area contributed by atoms with Gasteiger partial charge in [0.2, 0.25) is 0 Å². The lowest BCUT2D eigenvalue weighted by Gasteiger charge is -2.08. The molecule has 0 atom stereocenters. The Bertz CT molecular complexity index is 563. The quantitative estimate of drug-likeness (QED) is 0.847. The lowest BCUT2D eigenvalue weighted by atomic mass is 9.97. The number of carbonyl (C=O) groups is 1. The maximum absolute atomic E-state index is 12.5. The molecule has 0 radical (unpaired) electrons. The van der Waals surface area contributed by atoms with E-state index in [0.717, 1.165) is 24.1 Å². The highest BCUT2D eigenvalue weighted by Gasteiger charge is 2.12. The van der Waals surface area contributed by atoms with Crippen molar-refractivity contribution in [1.82, 2.24) is 5.32 Å². The Hall–Kier alpha value is -1.64. The fourth-order valence-electron chi connectivity index (χ4n) is 1.98. The highest BCUT2D eigenvalue weighted by molar-refractivity contribution is 6.30. The lowest BCUT2D eigenvalue weighted by molar-refractivity contribution is 0.103. The van der Waals surface area contributed by atoms with E-state index < -0.39 is 0 Å². The van der Waals surface area contributed by atoms with Crippen molar-refractivity contribution in [2.75, 3.05) is 13.6 Å². The summed E-state index contributed by atoms with van der Waals surface area (Å²) in [6.45, 7) is 0.852. The second kappa shape index (κ2) is 6.50. The lowest BCUT2D eigenvalue weighted by Crippen LogP contribution is -2.13. The monoisotopic (exact) mass is 273 g/mol. The molecular weight excluding hydrogens is 258 g/mol. The van der Waals surface area contributed by atoms with Crippen molar-refractivity contribution >= 4 is 17.4 Å². The van der Waals surface area contributed by atoms with Gasteiger partial charge in [-0.2, -0.15) is 0 Å². The van der Waals surface area contributed by atoms with Crippen LogP contribution in [0.25, 0.3) is 0 Å². The summed E-state index contributed by atoms with van der Waals surface area (Å²) < 4.78 is 0. The van der Waals surface area contributed by atoms with Crippen molar-refractivity contribution in [1.29, 1.82) is 0 Å². The third-order valence-electron chi connectivity index (χ3n) is 3.01. The van der Waals surface area contributed by atoms with E-state index in [1.807, 2.05) is 31.3 Å². The van der Waals surface area contributed by atoms with Crippen LogP contribution >= 0.6 is 11.6 Å². The molecule has 2 rings (SSSR count). The maximum atomic E-state index is 12.5. The molecule has 0 fully saturated rings. The number of hydrogen-bond donors (Lipinski definition) is 1. The predicted molar refractivity (Wildman–Crippen MR) is 79.0 cm³/mol. The molecule has 3 heteroatoms. The number of ketones is 1. The van der Waals surface area contributed by atoms with Crippen LogP contribution in [-0.2, 0) is 6.42 Å². The van der Waals surface area contributed by atoms with E-state index in [0.29, 0.717) is 10.6 Å². The first kappa shape index (κ1) is 13.8. The zero-order valence-corrected chi connectivity index (χ0v) is 11.6. The fourth-order valence-corrected chi connectivity index (χ4v) is 2.10. The molecule has 0 aliphatic carbocycles. The van der Waals surface area contributed by atoms with Gasteiger partial charge in [0.05, 0.1) is 0 Å². The van der Waals surface area contributed by atoms with Gasteiger partial charge in [0, 0.05) is 16.1 Å². The molecule has 0 aromatic heterocycles. The zero-order chi connectivity index (χ0) is 13.7. The summed E-state index contributed by atoms with van der Waals surface area (Å²) in [6.07, 6.45) is 0.839. The Morgan fingerprint density at radius 3 is 2.47 bits per heavy atom. The van der Waals surface area contributed by atoms with Crippen molar-refractivity contribution in [3.8, 4) is 0 Å². The Morgan fingerprint density at radius 2 is 1.79 bits per heavy atom. The van der Waals surface area contributed by atoms with Crippen LogP contribution in [0.1, 0.15) is 21.5 Å². The van der Waals surface area contributed by atoms with Gasteiger partial charge in [0.1, 0.15) is 0 Å². The molecule has 2 aromatic carbocycles. The third-order valence-corrected chi connectivity index (χ3v) is 3.26. The molecular formula is C16H16ClNO. The molecule has 0 amide bonds. The van der Waals surface area contributed by atoms with Gasteiger partial charge in [0.25, 0.3) is 0 Å². The number of likely N-dealkylation sites (N-methyl/N-ethyl adjacent to an activating group) is 1. The Balaban J connectivity index is 2.30. The van der Waals surface area contributed by atoms with Crippen LogP contribution in [0.3, 0.4) is 0 Å². The first-order valence-corrected chi connectivity index (χ1v) is 6.63. The summed E-state index contributed by atoms with van der Waals surface area (Å²) in [4.78, 5) is 12.5. The smallest absolute Gasteiger partial charge is 0.193 e. The van der Waals surface area contributed by atoms with Crippen LogP contribution in [0, 0.1) is 0 Å². The summed E-state index contributed by atoms with van der Waals surface area (Å²) in [6, 6.07) is 14.7. The SMILES string of the molecule is CNCCc1ccccc1C(=O)c1ccc(Cl)cc1. The van der Waals surface area contributed by atoms with E-state index in [-0.39, 0.29) is 5.78 Å². The molecule has 1 N–H and O–H groups in total. The average Bonchev–Trinajstić information content (AvgIpc) is 2.45. The largest absolute Gasteiger partial charge is 0.319 e. The number of nitrogens with one attached hydrogen (secondary N) is 1. The molecule has 19 heavy (non-hydrogen) atoms. The van der Waals surface area contributed by atoms with Crippen molar-refractivity contribution in [2.24, 2.45) is 0 Å². The van der Waals surface area contributed by atoms with Crippen molar-refractivity contribution < 1.29 is 4.79 Å². The first-order chi connectivity index (χ1) is 9.22. The van der Waals surface area contributed by atoms with Crippen LogP contribution in [0.5, 0.6) is 0 Å². The van der Waals surface area contributed by atoms with Crippen LogP contribution in [0.15, 0.2) is 48.5 Å². The summed E-state index contributed by atoms with van der Waals surface area (Å²) in [5.74, 6) is 0.0448. The second-order valence-corrected chi connectivity index (χ2v) is 4.78. The standard InChI is InChI=1S/C16H16ClNO/c1-18-11-10-12-4-2-3-5-15(12)16(19)13-6-8-14(17)9-7-13/h2-9,18H,10-11H2,1H3.